The van der Waals surface area contributed by atoms with E-state index in [-0.39, 0.29) is 6.61 Å². The van der Waals surface area contributed by atoms with E-state index >= 15 is 0 Å². The molecule has 106 valence electrons. The second kappa shape index (κ2) is 6.33. The van der Waals surface area contributed by atoms with E-state index in [0.717, 1.165) is 18.6 Å². The van der Waals surface area contributed by atoms with Gasteiger partial charge in [-0.05, 0) is 36.6 Å². The Morgan fingerprint density at radius 3 is 2.85 bits per heavy atom. The Morgan fingerprint density at radius 1 is 1.20 bits per heavy atom. The third-order valence-electron chi connectivity index (χ3n) is 4.28. The van der Waals surface area contributed by atoms with Crippen LogP contribution in [0.5, 0.6) is 0 Å². The number of aromatic nitrogens is 1. The molecule has 0 aliphatic heterocycles. The SMILES string of the molecule is OCCN(Cc1ccc2ncccc2c1)C1CCCC1. The first-order chi connectivity index (χ1) is 9.86. The molecule has 1 aromatic carbocycles. The van der Waals surface area contributed by atoms with Crippen molar-refractivity contribution in [2.24, 2.45) is 0 Å². The largest absolute Gasteiger partial charge is 0.395 e. The molecule has 1 aromatic heterocycles. The molecule has 0 bridgehead atoms. The minimum Gasteiger partial charge on any atom is -0.395 e. The van der Waals surface area contributed by atoms with Crippen molar-refractivity contribution in [3.63, 3.8) is 0 Å². The molecule has 3 heteroatoms. The van der Waals surface area contributed by atoms with Gasteiger partial charge in [-0.2, -0.15) is 0 Å². The quantitative estimate of drug-likeness (QED) is 0.907. The molecule has 0 amide bonds. The molecule has 2 aromatic rings. The highest BCUT2D eigenvalue weighted by Gasteiger charge is 2.22. The van der Waals surface area contributed by atoms with Gasteiger partial charge < -0.3 is 5.11 Å². The van der Waals surface area contributed by atoms with E-state index in [9.17, 15) is 5.11 Å². The van der Waals surface area contributed by atoms with Crippen LogP contribution in [0, 0.1) is 0 Å². The van der Waals surface area contributed by atoms with Gasteiger partial charge >= 0.3 is 0 Å². The highest BCUT2D eigenvalue weighted by atomic mass is 16.3. The van der Waals surface area contributed by atoms with Crippen LogP contribution in [-0.4, -0.2) is 34.2 Å². The molecule has 20 heavy (non-hydrogen) atoms. The third-order valence-corrected chi connectivity index (χ3v) is 4.28. The highest BCUT2D eigenvalue weighted by Crippen LogP contribution is 2.25. The van der Waals surface area contributed by atoms with Crippen LogP contribution in [0.3, 0.4) is 0 Å². The number of hydrogen-bond donors (Lipinski definition) is 1. The van der Waals surface area contributed by atoms with Crippen LogP contribution in [0.2, 0.25) is 0 Å². The number of aliphatic hydroxyl groups is 1. The van der Waals surface area contributed by atoms with Crippen molar-refractivity contribution < 1.29 is 5.11 Å². The fourth-order valence-electron chi connectivity index (χ4n) is 3.25. The smallest absolute Gasteiger partial charge is 0.0702 e. The summed E-state index contributed by atoms with van der Waals surface area (Å²) in [6.07, 6.45) is 7.03. The lowest BCUT2D eigenvalue weighted by Crippen LogP contribution is -2.35. The van der Waals surface area contributed by atoms with Crippen molar-refractivity contribution in [1.82, 2.24) is 9.88 Å². The molecule has 0 saturated heterocycles. The van der Waals surface area contributed by atoms with E-state index in [0.29, 0.717) is 6.04 Å². The van der Waals surface area contributed by atoms with Crippen LogP contribution in [0.15, 0.2) is 36.5 Å². The average Bonchev–Trinajstić information content (AvgIpc) is 3.01. The maximum absolute atomic E-state index is 9.30. The molecule has 1 fully saturated rings. The van der Waals surface area contributed by atoms with Gasteiger partial charge in [0, 0.05) is 30.7 Å². The van der Waals surface area contributed by atoms with E-state index in [1.807, 2.05) is 12.3 Å². The lowest BCUT2D eigenvalue weighted by Gasteiger charge is -2.28. The third kappa shape index (κ3) is 3.00. The minimum absolute atomic E-state index is 0.242. The summed E-state index contributed by atoms with van der Waals surface area (Å²) in [6.45, 7) is 1.94. The molecular weight excluding hydrogens is 248 g/mol. The summed E-state index contributed by atoms with van der Waals surface area (Å²) in [5, 5.41) is 10.5. The number of fused-ring (bicyclic) bond motifs is 1. The molecule has 3 nitrogen and oxygen atoms in total. The van der Waals surface area contributed by atoms with Gasteiger partial charge in [-0.3, -0.25) is 9.88 Å². The van der Waals surface area contributed by atoms with Gasteiger partial charge in [-0.15, -0.1) is 0 Å². The predicted molar refractivity (Wildman–Crippen MR) is 81.5 cm³/mol. The topological polar surface area (TPSA) is 36.4 Å². The lowest BCUT2D eigenvalue weighted by molar-refractivity contribution is 0.145. The van der Waals surface area contributed by atoms with E-state index in [1.54, 1.807) is 0 Å². The van der Waals surface area contributed by atoms with Crippen LogP contribution >= 0.6 is 0 Å². The molecule has 1 heterocycles. The summed E-state index contributed by atoms with van der Waals surface area (Å²) in [5.74, 6) is 0. The molecule has 1 N–H and O–H groups in total. The zero-order chi connectivity index (χ0) is 13.8. The van der Waals surface area contributed by atoms with Crippen LogP contribution in [0.4, 0.5) is 0 Å². The van der Waals surface area contributed by atoms with Crippen LogP contribution < -0.4 is 0 Å². The minimum atomic E-state index is 0.242. The summed E-state index contributed by atoms with van der Waals surface area (Å²) in [6, 6.07) is 11.2. The molecular formula is C17H22N2O. The summed E-state index contributed by atoms with van der Waals surface area (Å²) in [7, 11) is 0. The molecule has 1 aliphatic carbocycles. The van der Waals surface area contributed by atoms with Gasteiger partial charge in [0.1, 0.15) is 0 Å². The normalized spacial score (nSPS) is 16.3. The van der Waals surface area contributed by atoms with Crippen LogP contribution in [-0.2, 0) is 6.54 Å². The lowest BCUT2D eigenvalue weighted by atomic mass is 10.1. The summed E-state index contributed by atoms with van der Waals surface area (Å²) in [4.78, 5) is 6.80. The number of hydrogen-bond acceptors (Lipinski definition) is 3. The number of aliphatic hydroxyl groups excluding tert-OH is 1. The average molecular weight is 270 g/mol. The van der Waals surface area contributed by atoms with Gasteiger partial charge in [-0.1, -0.05) is 25.0 Å². The van der Waals surface area contributed by atoms with Crippen molar-refractivity contribution in [3.8, 4) is 0 Å². The van der Waals surface area contributed by atoms with Crippen LogP contribution in [0.1, 0.15) is 31.2 Å². The predicted octanol–water partition coefficient (Wildman–Crippen LogP) is 2.97. The maximum Gasteiger partial charge on any atom is 0.0702 e. The first-order valence-corrected chi connectivity index (χ1v) is 7.55. The zero-order valence-corrected chi connectivity index (χ0v) is 11.8. The fourth-order valence-corrected chi connectivity index (χ4v) is 3.25. The van der Waals surface area contributed by atoms with Crippen molar-refractivity contribution in [2.75, 3.05) is 13.2 Å². The van der Waals surface area contributed by atoms with E-state index in [2.05, 4.69) is 34.1 Å². The van der Waals surface area contributed by atoms with Crippen molar-refractivity contribution in [3.05, 3.63) is 42.1 Å². The number of pyridine rings is 1. The van der Waals surface area contributed by atoms with Crippen molar-refractivity contribution in [1.29, 1.82) is 0 Å². The van der Waals surface area contributed by atoms with Crippen molar-refractivity contribution in [2.45, 2.75) is 38.3 Å². The Morgan fingerprint density at radius 2 is 2.05 bits per heavy atom. The number of nitrogens with zero attached hydrogens (tertiary/aromatic N) is 2. The van der Waals surface area contributed by atoms with E-state index in [4.69, 9.17) is 0 Å². The second-order valence-corrected chi connectivity index (χ2v) is 5.66. The van der Waals surface area contributed by atoms with Gasteiger partial charge in [0.15, 0.2) is 0 Å². The Bertz CT molecular complexity index is 564. The molecule has 0 radical (unpaired) electrons. The van der Waals surface area contributed by atoms with Gasteiger partial charge in [0.25, 0.3) is 0 Å². The molecule has 0 atom stereocenters. The summed E-state index contributed by atoms with van der Waals surface area (Å²) in [5.41, 5.74) is 2.36. The van der Waals surface area contributed by atoms with E-state index in [1.165, 1.54) is 36.6 Å². The molecule has 1 saturated carbocycles. The Labute approximate surface area is 120 Å². The number of benzene rings is 1. The Kier molecular flexibility index (Phi) is 4.28. The standard InChI is InChI=1S/C17H22N2O/c20-11-10-19(16-5-1-2-6-16)13-14-7-8-17-15(12-14)4-3-9-18-17/h3-4,7-9,12,16,20H,1-2,5-6,10-11,13H2. The summed E-state index contributed by atoms with van der Waals surface area (Å²) < 4.78 is 0. The highest BCUT2D eigenvalue weighted by molar-refractivity contribution is 5.78. The van der Waals surface area contributed by atoms with Crippen molar-refractivity contribution >= 4 is 10.9 Å². The van der Waals surface area contributed by atoms with Gasteiger partial charge in [0.05, 0.1) is 12.1 Å². The zero-order valence-electron chi connectivity index (χ0n) is 11.8. The molecule has 3 rings (SSSR count). The monoisotopic (exact) mass is 270 g/mol. The second-order valence-electron chi connectivity index (χ2n) is 5.66. The van der Waals surface area contributed by atoms with E-state index < -0.39 is 0 Å². The number of rotatable bonds is 5. The molecule has 0 spiro atoms. The van der Waals surface area contributed by atoms with Gasteiger partial charge in [0.2, 0.25) is 0 Å². The molecule has 1 aliphatic rings. The first-order valence-electron chi connectivity index (χ1n) is 7.55. The fraction of sp³-hybridized carbons (Fsp3) is 0.471. The summed E-state index contributed by atoms with van der Waals surface area (Å²) >= 11 is 0. The van der Waals surface area contributed by atoms with Crippen LogP contribution in [0.25, 0.3) is 10.9 Å². The maximum atomic E-state index is 9.30. The Hall–Kier alpha value is -1.45. The first kappa shape index (κ1) is 13.5. The van der Waals surface area contributed by atoms with Gasteiger partial charge in [-0.25, -0.2) is 0 Å². The Balaban J connectivity index is 1.78. The molecule has 0 unspecified atom stereocenters.